The first-order valence-corrected chi connectivity index (χ1v) is 8.92. The third kappa shape index (κ3) is 5.02. The first-order chi connectivity index (χ1) is 12.1. The lowest BCUT2D eigenvalue weighted by Crippen LogP contribution is -2.06. The number of benzene rings is 2. The molecule has 3 nitrogen and oxygen atoms in total. The van der Waals surface area contributed by atoms with Crippen LogP contribution in [0.3, 0.4) is 0 Å². The Balaban J connectivity index is 2.30. The highest BCUT2D eigenvalue weighted by molar-refractivity contribution is 5.54. The summed E-state index contributed by atoms with van der Waals surface area (Å²) in [5.41, 5.74) is 5.94. The van der Waals surface area contributed by atoms with E-state index < -0.39 is 0 Å². The number of ether oxygens (including phenoxy) is 2. The molecule has 0 heterocycles. The van der Waals surface area contributed by atoms with Crippen LogP contribution in [0.15, 0.2) is 43.0 Å². The fraction of sp³-hybridized carbons (Fsp3) is 0.364. The number of allylic oxidation sites excluding steroid dienone is 1. The fourth-order valence-corrected chi connectivity index (χ4v) is 2.83. The topological polar surface area (TPSA) is 30.5 Å². The molecule has 0 saturated heterocycles. The third-order valence-electron chi connectivity index (χ3n) is 4.02. The van der Waals surface area contributed by atoms with Gasteiger partial charge in [-0.2, -0.15) is 0 Å². The molecule has 0 radical (unpaired) electrons. The van der Waals surface area contributed by atoms with Crippen LogP contribution in [0.1, 0.15) is 36.1 Å². The van der Waals surface area contributed by atoms with Gasteiger partial charge in [-0.25, -0.2) is 0 Å². The summed E-state index contributed by atoms with van der Waals surface area (Å²) in [5, 5.41) is 3.54. The summed E-state index contributed by atoms with van der Waals surface area (Å²) < 4.78 is 11.7. The minimum absolute atomic E-state index is 0.613. The molecular formula is C22H29NO2. The van der Waals surface area contributed by atoms with Gasteiger partial charge in [0.05, 0.1) is 13.2 Å². The van der Waals surface area contributed by atoms with E-state index in [-0.39, 0.29) is 0 Å². The Bertz CT molecular complexity index is 722. The molecule has 0 spiro atoms. The van der Waals surface area contributed by atoms with E-state index in [9.17, 15) is 0 Å². The number of anilines is 1. The van der Waals surface area contributed by atoms with E-state index in [2.05, 4.69) is 56.1 Å². The molecule has 0 aliphatic carbocycles. The van der Waals surface area contributed by atoms with Crippen molar-refractivity contribution in [3.63, 3.8) is 0 Å². The molecule has 3 heteroatoms. The van der Waals surface area contributed by atoms with E-state index in [1.54, 1.807) is 0 Å². The van der Waals surface area contributed by atoms with Crippen molar-refractivity contribution in [2.75, 3.05) is 18.5 Å². The van der Waals surface area contributed by atoms with E-state index >= 15 is 0 Å². The Kier molecular flexibility index (Phi) is 6.93. The third-order valence-corrected chi connectivity index (χ3v) is 4.02. The molecule has 0 atom stereocenters. The lowest BCUT2D eigenvalue weighted by Gasteiger charge is -2.17. The molecule has 0 unspecified atom stereocenters. The van der Waals surface area contributed by atoms with Gasteiger partial charge in [-0.3, -0.25) is 0 Å². The van der Waals surface area contributed by atoms with Crippen molar-refractivity contribution in [2.24, 2.45) is 0 Å². The molecule has 0 saturated carbocycles. The molecular weight excluding hydrogens is 310 g/mol. The molecule has 2 aromatic carbocycles. The molecule has 2 aromatic rings. The predicted molar refractivity (Wildman–Crippen MR) is 106 cm³/mol. The number of hydrogen-bond acceptors (Lipinski definition) is 3. The lowest BCUT2D eigenvalue weighted by molar-refractivity contribution is 0.285. The van der Waals surface area contributed by atoms with Gasteiger partial charge in [0, 0.05) is 17.8 Å². The molecule has 0 aromatic heterocycles. The van der Waals surface area contributed by atoms with Crippen LogP contribution >= 0.6 is 0 Å². The van der Waals surface area contributed by atoms with Gasteiger partial charge in [-0.1, -0.05) is 18.2 Å². The zero-order valence-electron chi connectivity index (χ0n) is 15.8. The average molecular weight is 339 g/mol. The van der Waals surface area contributed by atoms with Crippen LogP contribution in [0.25, 0.3) is 0 Å². The van der Waals surface area contributed by atoms with E-state index in [1.807, 2.05) is 19.9 Å². The van der Waals surface area contributed by atoms with Crippen LogP contribution in [0.2, 0.25) is 0 Å². The Morgan fingerprint density at radius 1 is 1.04 bits per heavy atom. The normalized spacial score (nSPS) is 10.4. The van der Waals surface area contributed by atoms with E-state index in [4.69, 9.17) is 9.47 Å². The minimum Gasteiger partial charge on any atom is -0.490 e. The van der Waals surface area contributed by atoms with Crippen molar-refractivity contribution in [3.05, 3.63) is 65.2 Å². The maximum Gasteiger partial charge on any atom is 0.164 e. The highest BCUT2D eigenvalue weighted by Gasteiger charge is 2.13. The number of nitrogens with one attached hydrogen (secondary N) is 1. The van der Waals surface area contributed by atoms with E-state index in [0.29, 0.717) is 13.2 Å². The molecule has 25 heavy (non-hydrogen) atoms. The molecule has 1 N–H and O–H groups in total. The molecule has 134 valence electrons. The summed E-state index contributed by atoms with van der Waals surface area (Å²) >= 11 is 0. The van der Waals surface area contributed by atoms with Crippen molar-refractivity contribution in [3.8, 4) is 11.5 Å². The summed E-state index contributed by atoms with van der Waals surface area (Å²) in [4.78, 5) is 0. The number of aryl methyl sites for hydroxylation is 2. The number of rotatable bonds is 9. The van der Waals surface area contributed by atoms with Crippen LogP contribution in [-0.4, -0.2) is 13.2 Å². The van der Waals surface area contributed by atoms with Gasteiger partial charge in [0.2, 0.25) is 0 Å². The zero-order chi connectivity index (χ0) is 18.2. The van der Waals surface area contributed by atoms with Crippen LogP contribution in [-0.2, 0) is 13.0 Å². The monoisotopic (exact) mass is 339 g/mol. The molecule has 0 fully saturated rings. The summed E-state index contributed by atoms with van der Waals surface area (Å²) in [7, 11) is 0. The summed E-state index contributed by atoms with van der Waals surface area (Å²) in [5.74, 6) is 1.64. The molecule has 0 aliphatic rings. The van der Waals surface area contributed by atoms with Gasteiger partial charge >= 0.3 is 0 Å². The SMILES string of the molecule is C=CCc1cc(CNc2cc(C)ccc2C)cc(OCC)c1OCC. The fourth-order valence-electron chi connectivity index (χ4n) is 2.83. The average Bonchev–Trinajstić information content (AvgIpc) is 2.59. The lowest BCUT2D eigenvalue weighted by atomic mass is 10.0. The van der Waals surface area contributed by atoms with Gasteiger partial charge in [0.1, 0.15) is 0 Å². The Labute approximate surface area is 151 Å². The molecule has 0 amide bonds. The second-order valence-electron chi connectivity index (χ2n) is 6.11. The summed E-state index contributed by atoms with van der Waals surface area (Å²) in [6, 6.07) is 10.7. The van der Waals surface area contributed by atoms with Crippen molar-refractivity contribution in [2.45, 2.75) is 40.7 Å². The van der Waals surface area contributed by atoms with Gasteiger partial charge in [0.15, 0.2) is 11.5 Å². The molecule has 0 bridgehead atoms. The smallest absolute Gasteiger partial charge is 0.164 e. The standard InChI is InChI=1S/C22H29NO2/c1-6-9-19-13-18(14-21(24-7-2)22(19)25-8-3)15-23-20-12-16(4)10-11-17(20)5/h6,10-14,23H,1,7-9,15H2,2-5H3. The van der Waals surface area contributed by atoms with Gasteiger partial charge in [-0.15, -0.1) is 6.58 Å². The van der Waals surface area contributed by atoms with Crippen LogP contribution in [0.4, 0.5) is 5.69 Å². The van der Waals surface area contributed by atoms with Crippen LogP contribution in [0.5, 0.6) is 11.5 Å². The summed E-state index contributed by atoms with van der Waals surface area (Å²) in [6.07, 6.45) is 2.65. The van der Waals surface area contributed by atoms with Crippen molar-refractivity contribution in [1.82, 2.24) is 0 Å². The van der Waals surface area contributed by atoms with Crippen molar-refractivity contribution < 1.29 is 9.47 Å². The first kappa shape index (κ1) is 18.9. The maximum absolute atomic E-state index is 5.83. The second kappa shape index (κ2) is 9.16. The quantitative estimate of drug-likeness (QED) is 0.617. The van der Waals surface area contributed by atoms with Crippen molar-refractivity contribution in [1.29, 1.82) is 0 Å². The Hall–Kier alpha value is -2.42. The second-order valence-corrected chi connectivity index (χ2v) is 6.11. The molecule has 0 aliphatic heterocycles. The highest BCUT2D eigenvalue weighted by atomic mass is 16.5. The minimum atomic E-state index is 0.613. The first-order valence-electron chi connectivity index (χ1n) is 8.92. The molecule has 2 rings (SSSR count). The van der Waals surface area contributed by atoms with Gasteiger partial charge < -0.3 is 14.8 Å². The van der Waals surface area contributed by atoms with E-state index in [0.717, 1.165) is 35.7 Å². The van der Waals surface area contributed by atoms with Crippen LogP contribution in [0, 0.1) is 13.8 Å². The largest absolute Gasteiger partial charge is 0.490 e. The predicted octanol–water partition coefficient (Wildman–Crippen LogP) is 5.44. The number of hydrogen-bond donors (Lipinski definition) is 1. The van der Waals surface area contributed by atoms with Crippen LogP contribution < -0.4 is 14.8 Å². The van der Waals surface area contributed by atoms with Gasteiger partial charge in [0.25, 0.3) is 0 Å². The van der Waals surface area contributed by atoms with E-state index in [1.165, 1.54) is 16.7 Å². The Morgan fingerprint density at radius 3 is 2.48 bits per heavy atom. The maximum atomic E-state index is 5.83. The zero-order valence-corrected chi connectivity index (χ0v) is 15.8. The van der Waals surface area contributed by atoms with Crippen molar-refractivity contribution >= 4 is 5.69 Å². The summed E-state index contributed by atoms with van der Waals surface area (Å²) in [6.45, 7) is 14.0. The van der Waals surface area contributed by atoms with Gasteiger partial charge in [-0.05, 0) is 69.0 Å². The highest BCUT2D eigenvalue weighted by Crippen LogP contribution is 2.34. The Morgan fingerprint density at radius 2 is 1.80 bits per heavy atom.